The van der Waals surface area contributed by atoms with E-state index in [4.69, 9.17) is 9.15 Å². The van der Waals surface area contributed by atoms with Gasteiger partial charge in [-0.2, -0.15) is 0 Å². The van der Waals surface area contributed by atoms with Gasteiger partial charge in [0.05, 0.1) is 0 Å². The van der Waals surface area contributed by atoms with Crippen LogP contribution in [-0.4, -0.2) is 35.8 Å². The summed E-state index contributed by atoms with van der Waals surface area (Å²) in [5.74, 6) is -1.35. The van der Waals surface area contributed by atoms with Crippen LogP contribution in [0, 0.1) is 6.92 Å². The Bertz CT molecular complexity index is 1050. The molecule has 0 atom stereocenters. The van der Waals surface area contributed by atoms with Crippen molar-refractivity contribution in [1.29, 1.82) is 0 Å². The second-order valence-corrected chi connectivity index (χ2v) is 6.34. The topological polar surface area (TPSA) is 76.8 Å². The van der Waals surface area contributed by atoms with E-state index in [0.717, 1.165) is 21.1 Å². The Labute approximate surface area is 149 Å². The van der Waals surface area contributed by atoms with Crippen LogP contribution in [-0.2, 0) is 14.3 Å². The number of benzene rings is 2. The van der Waals surface area contributed by atoms with Crippen LogP contribution in [0.1, 0.15) is 29.0 Å². The Morgan fingerprint density at radius 1 is 1.15 bits per heavy atom. The van der Waals surface area contributed by atoms with Gasteiger partial charge in [0.1, 0.15) is 5.58 Å². The van der Waals surface area contributed by atoms with Gasteiger partial charge in [0.25, 0.3) is 5.91 Å². The van der Waals surface area contributed by atoms with Crippen molar-refractivity contribution in [1.82, 2.24) is 4.90 Å². The highest BCUT2D eigenvalue weighted by molar-refractivity contribution is 6.08. The maximum atomic E-state index is 12.4. The van der Waals surface area contributed by atoms with Gasteiger partial charge in [-0.1, -0.05) is 36.4 Å². The first kappa shape index (κ1) is 16.3. The highest BCUT2D eigenvalue weighted by atomic mass is 16.5. The number of esters is 1. The zero-order valence-electron chi connectivity index (χ0n) is 14.3. The third-order valence-corrected chi connectivity index (χ3v) is 4.71. The number of amides is 2. The van der Waals surface area contributed by atoms with E-state index in [1.54, 1.807) is 6.92 Å². The summed E-state index contributed by atoms with van der Waals surface area (Å²) < 4.78 is 10.9. The summed E-state index contributed by atoms with van der Waals surface area (Å²) in [6.45, 7) is 1.69. The van der Waals surface area contributed by atoms with Gasteiger partial charge < -0.3 is 9.15 Å². The third kappa shape index (κ3) is 2.63. The number of aryl methyl sites for hydroxylation is 1. The van der Waals surface area contributed by atoms with Gasteiger partial charge in [-0.05, 0) is 18.7 Å². The predicted octanol–water partition coefficient (Wildman–Crippen LogP) is 3.20. The van der Waals surface area contributed by atoms with Gasteiger partial charge in [0.2, 0.25) is 11.7 Å². The number of rotatable bonds is 3. The summed E-state index contributed by atoms with van der Waals surface area (Å²) in [6, 6.07) is 11.6. The van der Waals surface area contributed by atoms with Crippen LogP contribution in [0.15, 0.2) is 40.8 Å². The lowest BCUT2D eigenvalue weighted by Crippen LogP contribution is -2.35. The number of hydrogen-bond acceptors (Lipinski definition) is 5. The molecule has 0 saturated carbocycles. The lowest BCUT2D eigenvalue weighted by molar-refractivity contribution is -0.143. The molecule has 1 aliphatic rings. The Hall–Kier alpha value is -3.15. The summed E-state index contributed by atoms with van der Waals surface area (Å²) in [6.07, 6.45) is 1.00. The number of likely N-dealkylation sites (tertiary alicyclic amines) is 1. The summed E-state index contributed by atoms with van der Waals surface area (Å²) in [4.78, 5) is 37.1. The summed E-state index contributed by atoms with van der Waals surface area (Å²) in [5.41, 5.74) is 1.29. The minimum atomic E-state index is -0.706. The predicted molar refractivity (Wildman–Crippen MR) is 94.7 cm³/mol. The molecule has 2 heterocycles. The van der Waals surface area contributed by atoms with Crippen molar-refractivity contribution in [2.75, 3.05) is 13.2 Å². The highest BCUT2D eigenvalue weighted by Crippen LogP contribution is 2.32. The fourth-order valence-electron chi connectivity index (χ4n) is 3.33. The molecule has 0 N–H and O–H groups in total. The van der Waals surface area contributed by atoms with E-state index in [1.807, 2.05) is 36.4 Å². The second-order valence-electron chi connectivity index (χ2n) is 6.34. The van der Waals surface area contributed by atoms with Gasteiger partial charge in [0.15, 0.2) is 6.61 Å². The van der Waals surface area contributed by atoms with Crippen LogP contribution >= 0.6 is 0 Å². The fraction of sp³-hybridized carbons (Fsp3) is 0.250. The maximum Gasteiger partial charge on any atom is 0.375 e. The summed E-state index contributed by atoms with van der Waals surface area (Å²) in [7, 11) is 0. The molecule has 0 unspecified atom stereocenters. The molecule has 1 aliphatic heterocycles. The van der Waals surface area contributed by atoms with Crippen molar-refractivity contribution in [3.63, 3.8) is 0 Å². The molecule has 1 saturated heterocycles. The molecule has 4 rings (SSSR count). The monoisotopic (exact) mass is 351 g/mol. The van der Waals surface area contributed by atoms with E-state index in [-0.39, 0.29) is 11.7 Å². The van der Waals surface area contributed by atoms with Gasteiger partial charge in [0, 0.05) is 29.3 Å². The lowest BCUT2D eigenvalue weighted by atomic mass is 10.1. The SMILES string of the molecule is Cc1c(C(=O)OCC(=O)N2CCCC2=O)oc2c1ccc1ccccc12. The van der Waals surface area contributed by atoms with Crippen molar-refractivity contribution < 1.29 is 23.5 Å². The lowest BCUT2D eigenvalue weighted by Gasteiger charge is -2.12. The first-order valence-corrected chi connectivity index (χ1v) is 8.47. The number of fused-ring (bicyclic) bond motifs is 3. The van der Waals surface area contributed by atoms with Crippen molar-refractivity contribution >= 4 is 39.5 Å². The molecule has 132 valence electrons. The molecule has 0 bridgehead atoms. The van der Waals surface area contributed by atoms with E-state index in [0.29, 0.717) is 30.5 Å². The van der Waals surface area contributed by atoms with Gasteiger partial charge in [-0.3, -0.25) is 14.5 Å². The number of carbonyl (C=O) groups excluding carboxylic acids is 3. The molecule has 6 heteroatoms. The summed E-state index contributed by atoms with van der Waals surface area (Å²) >= 11 is 0. The van der Waals surface area contributed by atoms with Crippen LogP contribution in [0.3, 0.4) is 0 Å². The van der Waals surface area contributed by atoms with Crippen molar-refractivity contribution in [2.45, 2.75) is 19.8 Å². The zero-order chi connectivity index (χ0) is 18.3. The van der Waals surface area contributed by atoms with Crippen LogP contribution in [0.2, 0.25) is 0 Å². The maximum absolute atomic E-state index is 12.4. The molecule has 1 aromatic heterocycles. The van der Waals surface area contributed by atoms with Crippen LogP contribution < -0.4 is 0 Å². The normalized spacial score (nSPS) is 14.3. The van der Waals surface area contributed by atoms with E-state index >= 15 is 0 Å². The van der Waals surface area contributed by atoms with E-state index in [1.165, 1.54) is 0 Å². The molecule has 0 radical (unpaired) electrons. The van der Waals surface area contributed by atoms with Gasteiger partial charge in [-0.25, -0.2) is 4.79 Å². The molecule has 26 heavy (non-hydrogen) atoms. The minimum absolute atomic E-state index is 0.0805. The molecule has 0 spiro atoms. The number of imide groups is 1. The minimum Gasteiger partial charge on any atom is -0.450 e. The highest BCUT2D eigenvalue weighted by Gasteiger charge is 2.28. The Morgan fingerprint density at radius 3 is 2.73 bits per heavy atom. The molecule has 3 aromatic rings. The van der Waals surface area contributed by atoms with Crippen molar-refractivity contribution in [2.24, 2.45) is 0 Å². The molecule has 2 amide bonds. The molecular formula is C20H17NO5. The number of carbonyl (C=O) groups is 3. The molecule has 1 fully saturated rings. The van der Waals surface area contributed by atoms with Crippen LogP contribution in [0.4, 0.5) is 0 Å². The largest absolute Gasteiger partial charge is 0.450 e. The smallest absolute Gasteiger partial charge is 0.375 e. The zero-order valence-corrected chi connectivity index (χ0v) is 14.3. The van der Waals surface area contributed by atoms with Crippen LogP contribution in [0.5, 0.6) is 0 Å². The average Bonchev–Trinajstić information content (AvgIpc) is 3.23. The standard InChI is InChI=1S/C20H17NO5/c1-12-14-9-8-13-5-2-3-6-15(13)19(14)26-18(12)20(24)25-11-17(23)21-10-4-7-16(21)22/h2-3,5-6,8-9H,4,7,10-11H2,1H3. The Balaban J connectivity index is 1.59. The second kappa shape index (κ2) is 6.29. The van der Waals surface area contributed by atoms with E-state index in [2.05, 4.69) is 0 Å². The molecule has 2 aromatic carbocycles. The fourth-order valence-corrected chi connectivity index (χ4v) is 3.33. The van der Waals surface area contributed by atoms with E-state index in [9.17, 15) is 14.4 Å². The third-order valence-electron chi connectivity index (χ3n) is 4.71. The molecular weight excluding hydrogens is 334 g/mol. The number of nitrogens with zero attached hydrogens (tertiary/aromatic N) is 1. The quantitative estimate of drug-likeness (QED) is 0.677. The first-order chi connectivity index (χ1) is 12.6. The molecule has 6 nitrogen and oxygen atoms in total. The number of hydrogen-bond donors (Lipinski definition) is 0. The van der Waals surface area contributed by atoms with Gasteiger partial charge >= 0.3 is 5.97 Å². The van der Waals surface area contributed by atoms with Crippen LogP contribution in [0.25, 0.3) is 21.7 Å². The summed E-state index contributed by atoms with van der Waals surface area (Å²) in [5, 5.41) is 2.75. The van der Waals surface area contributed by atoms with Crippen molar-refractivity contribution in [3.8, 4) is 0 Å². The number of furan rings is 1. The Kier molecular flexibility index (Phi) is 3.95. The van der Waals surface area contributed by atoms with Crippen molar-refractivity contribution in [3.05, 3.63) is 47.7 Å². The van der Waals surface area contributed by atoms with Gasteiger partial charge in [-0.15, -0.1) is 0 Å². The Morgan fingerprint density at radius 2 is 1.96 bits per heavy atom. The number of ether oxygens (including phenoxy) is 1. The average molecular weight is 351 g/mol. The molecule has 0 aliphatic carbocycles. The van der Waals surface area contributed by atoms with E-state index < -0.39 is 18.5 Å². The first-order valence-electron chi connectivity index (χ1n) is 8.47.